The van der Waals surface area contributed by atoms with E-state index in [0.717, 1.165) is 31.4 Å². The van der Waals surface area contributed by atoms with Crippen LogP contribution in [0.25, 0.3) is 6.08 Å². The maximum absolute atomic E-state index is 13.4. The Balaban J connectivity index is 1.73. The molecule has 1 aliphatic carbocycles. The van der Waals surface area contributed by atoms with Crippen molar-refractivity contribution in [2.24, 2.45) is 5.92 Å². The van der Waals surface area contributed by atoms with Gasteiger partial charge in [0.1, 0.15) is 5.75 Å². The van der Waals surface area contributed by atoms with Crippen molar-refractivity contribution in [3.63, 3.8) is 0 Å². The number of benzene rings is 1. The standard InChI is InChI=1S/C19H20F3NO3S/c20-19(21,22)15-11-14(26-9-8-12-4-2-1-3-5-12)7-6-13(15)10-16-17(24)23-18(25)27-16/h6-7,10-12H,1-5,8-9H2,(H,23,24,25)/b16-10-. The zero-order valence-corrected chi connectivity index (χ0v) is 15.4. The van der Waals surface area contributed by atoms with E-state index in [1.165, 1.54) is 31.4 Å². The molecule has 8 heteroatoms. The normalized spacial score (nSPS) is 20.2. The number of amides is 2. The van der Waals surface area contributed by atoms with Gasteiger partial charge in [-0.2, -0.15) is 13.2 Å². The van der Waals surface area contributed by atoms with E-state index in [1.54, 1.807) is 0 Å². The molecule has 3 rings (SSSR count). The Morgan fingerprint density at radius 3 is 2.56 bits per heavy atom. The first-order chi connectivity index (χ1) is 12.8. The highest BCUT2D eigenvalue weighted by Gasteiger charge is 2.34. The van der Waals surface area contributed by atoms with E-state index < -0.39 is 22.9 Å². The first-order valence-electron chi connectivity index (χ1n) is 8.92. The zero-order valence-electron chi connectivity index (χ0n) is 14.6. The lowest BCUT2D eigenvalue weighted by atomic mass is 9.87. The van der Waals surface area contributed by atoms with Gasteiger partial charge in [0, 0.05) is 0 Å². The molecular formula is C19H20F3NO3S. The van der Waals surface area contributed by atoms with Gasteiger partial charge in [0.05, 0.1) is 17.1 Å². The number of carbonyl (C=O) groups excluding carboxylic acids is 2. The minimum absolute atomic E-state index is 0.0588. The summed E-state index contributed by atoms with van der Waals surface area (Å²) in [5.41, 5.74) is -1.06. The van der Waals surface area contributed by atoms with Crippen molar-refractivity contribution >= 4 is 29.0 Å². The molecule has 1 N–H and O–H groups in total. The first kappa shape index (κ1) is 19.8. The lowest BCUT2D eigenvalue weighted by Crippen LogP contribution is -2.18. The number of alkyl halides is 3. The zero-order chi connectivity index (χ0) is 19.4. The third-order valence-electron chi connectivity index (χ3n) is 4.78. The second-order valence-electron chi connectivity index (χ2n) is 6.74. The van der Waals surface area contributed by atoms with Crippen molar-refractivity contribution in [2.75, 3.05) is 6.61 Å². The van der Waals surface area contributed by atoms with E-state index in [2.05, 4.69) is 0 Å². The van der Waals surface area contributed by atoms with Gasteiger partial charge >= 0.3 is 6.18 Å². The molecule has 4 nitrogen and oxygen atoms in total. The van der Waals surface area contributed by atoms with E-state index in [4.69, 9.17) is 4.74 Å². The Kier molecular flexibility index (Phi) is 6.14. The second kappa shape index (κ2) is 8.37. The summed E-state index contributed by atoms with van der Waals surface area (Å²) in [7, 11) is 0. The summed E-state index contributed by atoms with van der Waals surface area (Å²) < 4.78 is 45.8. The quantitative estimate of drug-likeness (QED) is 0.676. The molecule has 0 unspecified atom stereocenters. The highest BCUT2D eigenvalue weighted by molar-refractivity contribution is 8.18. The molecule has 1 aliphatic heterocycles. The van der Waals surface area contributed by atoms with Crippen LogP contribution in [0.5, 0.6) is 5.75 Å². The monoisotopic (exact) mass is 399 g/mol. The van der Waals surface area contributed by atoms with Crippen LogP contribution in [-0.2, 0) is 11.0 Å². The minimum atomic E-state index is -4.60. The van der Waals surface area contributed by atoms with E-state index >= 15 is 0 Å². The fraction of sp³-hybridized carbons (Fsp3) is 0.474. The summed E-state index contributed by atoms with van der Waals surface area (Å²) in [6.07, 6.45) is 3.31. The molecule has 1 aromatic carbocycles. The van der Waals surface area contributed by atoms with Gasteiger partial charge in [-0.3, -0.25) is 14.9 Å². The van der Waals surface area contributed by atoms with Crippen LogP contribution in [0.15, 0.2) is 23.1 Å². The smallest absolute Gasteiger partial charge is 0.417 e. The molecule has 0 aromatic heterocycles. The van der Waals surface area contributed by atoms with Gasteiger partial charge in [-0.15, -0.1) is 0 Å². The topological polar surface area (TPSA) is 55.4 Å². The fourth-order valence-electron chi connectivity index (χ4n) is 3.38. The van der Waals surface area contributed by atoms with Crippen LogP contribution in [0.1, 0.15) is 49.7 Å². The van der Waals surface area contributed by atoms with Crippen LogP contribution < -0.4 is 10.1 Å². The molecule has 2 amide bonds. The lowest BCUT2D eigenvalue weighted by molar-refractivity contribution is -0.137. The van der Waals surface area contributed by atoms with Crippen molar-refractivity contribution in [1.29, 1.82) is 0 Å². The molecule has 0 spiro atoms. The molecular weight excluding hydrogens is 379 g/mol. The number of imide groups is 1. The predicted molar refractivity (Wildman–Crippen MR) is 97.2 cm³/mol. The van der Waals surface area contributed by atoms with Crippen LogP contribution in [0.3, 0.4) is 0 Å². The molecule has 1 saturated heterocycles. The number of carbonyl (C=O) groups is 2. The van der Waals surface area contributed by atoms with Crippen molar-refractivity contribution in [1.82, 2.24) is 5.32 Å². The Hall–Kier alpha value is -1.96. The lowest BCUT2D eigenvalue weighted by Gasteiger charge is -2.21. The fourth-order valence-corrected chi connectivity index (χ4v) is 4.05. The number of hydrogen-bond acceptors (Lipinski definition) is 4. The Morgan fingerprint density at radius 2 is 1.93 bits per heavy atom. The SMILES string of the molecule is O=C1NC(=O)/C(=C/c2ccc(OCCC3CCCCC3)cc2C(F)(F)F)S1. The summed E-state index contributed by atoms with van der Waals surface area (Å²) in [4.78, 5) is 22.7. The number of hydrogen-bond donors (Lipinski definition) is 1. The van der Waals surface area contributed by atoms with Gasteiger partial charge < -0.3 is 4.74 Å². The van der Waals surface area contributed by atoms with Gasteiger partial charge in [0.25, 0.3) is 11.1 Å². The molecule has 1 heterocycles. The summed E-state index contributed by atoms with van der Waals surface area (Å²) in [6, 6.07) is 3.68. The number of ether oxygens (including phenoxy) is 1. The third-order valence-corrected chi connectivity index (χ3v) is 5.59. The van der Waals surface area contributed by atoms with E-state index in [1.807, 2.05) is 5.32 Å². The third kappa shape index (κ3) is 5.28. The van der Waals surface area contributed by atoms with Crippen molar-refractivity contribution in [3.05, 3.63) is 34.2 Å². The van der Waals surface area contributed by atoms with Gasteiger partial charge in [0.15, 0.2) is 0 Å². The molecule has 0 atom stereocenters. The van der Waals surface area contributed by atoms with Crippen molar-refractivity contribution in [3.8, 4) is 5.75 Å². The highest BCUT2D eigenvalue weighted by Crippen LogP contribution is 2.37. The summed E-state index contributed by atoms with van der Waals surface area (Å²) in [6.45, 7) is 0.384. The molecule has 0 bridgehead atoms. The van der Waals surface area contributed by atoms with E-state index in [9.17, 15) is 22.8 Å². The average molecular weight is 399 g/mol. The molecule has 1 aromatic rings. The van der Waals surface area contributed by atoms with E-state index in [-0.39, 0.29) is 16.2 Å². The molecule has 0 radical (unpaired) electrons. The number of halogens is 3. The van der Waals surface area contributed by atoms with Gasteiger partial charge in [-0.25, -0.2) is 0 Å². The van der Waals surface area contributed by atoms with Crippen LogP contribution >= 0.6 is 11.8 Å². The van der Waals surface area contributed by atoms with Gasteiger partial charge in [0.2, 0.25) is 0 Å². The largest absolute Gasteiger partial charge is 0.494 e. The number of rotatable bonds is 5. The molecule has 2 fully saturated rings. The minimum Gasteiger partial charge on any atom is -0.494 e. The first-order valence-corrected chi connectivity index (χ1v) is 9.73. The van der Waals surface area contributed by atoms with Gasteiger partial charge in [-0.1, -0.05) is 38.2 Å². The summed E-state index contributed by atoms with van der Waals surface area (Å²) >= 11 is 0.585. The van der Waals surface area contributed by atoms with Crippen LogP contribution in [0.4, 0.5) is 18.0 Å². The van der Waals surface area contributed by atoms with Gasteiger partial charge in [-0.05, 0) is 47.9 Å². The average Bonchev–Trinajstić information content (AvgIpc) is 2.93. The second-order valence-corrected chi connectivity index (χ2v) is 7.75. The maximum atomic E-state index is 13.4. The predicted octanol–water partition coefficient (Wildman–Crippen LogP) is 5.38. The number of thioether (sulfide) groups is 1. The summed E-state index contributed by atoms with van der Waals surface area (Å²) in [5.74, 6) is 0.0473. The van der Waals surface area contributed by atoms with Crippen molar-refractivity contribution < 1.29 is 27.5 Å². The molecule has 1 saturated carbocycles. The molecule has 2 aliphatic rings. The summed E-state index contributed by atoms with van der Waals surface area (Å²) in [5, 5.41) is 1.43. The molecule has 146 valence electrons. The van der Waals surface area contributed by atoms with E-state index in [0.29, 0.717) is 24.3 Å². The number of nitrogens with one attached hydrogen (secondary N) is 1. The van der Waals surface area contributed by atoms with Crippen LogP contribution in [0, 0.1) is 5.92 Å². The van der Waals surface area contributed by atoms with Crippen LogP contribution in [0.2, 0.25) is 0 Å². The molecule has 27 heavy (non-hydrogen) atoms. The Morgan fingerprint density at radius 1 is 1.19 bits per heavy atom. The highest BCUT2D eigenvalue weighted by atomic mass is 32.2. The Labute approximate surface area is 159 Å². The maximum Gasteiger partial charge on any atom is 0.417 e. The van der Waals surface area contributed by atoms with Crippen molar-refractivity contribution in [2.45, 2.75) is 44.7 Å². The van der Waals surface area contributed by atoms with Crippen LogP contribution in [-0.4, -0.2) is 17.8 Å². The Bertz CT molecular complexity index is 755.